The van der Waals surface area contributed by atoms with Crippen LogP contribution in [0.5, 0.6) is 11.5 Å². The highest BCUT2D eigenvalue weighted by Gasteiger charge is 2.39. The van der Waals surface area contributed by atoms with Gasteiger partial charge in [-0.25, -0.2) is 0 Å². The van der Waals surface area contributed by atoms with Crippen LogP contribution in [0.2, 0.25) is 0 Å². The average molecular weight is 275 g/mol. The minimum Gasteiger partial charge on any atom is -0.496 e. The highest BCUT2D eigenvalue weighted by molar-refractivity contribution is 6.21. The summed E-state index contributed by atoms with van der Waals surface area (Å²) in [6.45, 7) is 0. The van der Waals surface area contributed by atoms with Gasteiger partial charge in [0, 0.05) is 28.3 Å². The fourth-order valence-corrected chi connectivity index (χ4v) is 3.12. The second-order valence-electron chi connectivity index (χ2n) is 4.55. The molecule has 94 valence electrons. The van der Waals surface area contributed by atoms with Gasteiger partial charge in [-0.2, -0.15) is 0 Å². The summed E-state index contributed by atoms with van der Waals surface area (Å²) in [6, 6.07) is 3.88. The number of alkyl halides is 2. The zero-order valence-electron chi connectivity index (χ0n) is 10.1. The molecule has 4 heteroatoms. The molecule has 0 atom stereocenters. The van der Waals surface area contributed by atoms with Gasteiger partial charge in [-0.05, 0) is 25.0 Å². The van der Waals surface area contributed by atoms with Gasteiger partial charge in [-0.15, -0.1) is 23.2 Å². The molecule has 17 heavy (non-hydrogen) atoms. The Kier molecular flexibility index (Phi) is 3.74. The van der Waals surface area contributed by atoms with Crippen molar-refractivity contribution in [1.29, 1.82) is 0 Å². The Bertz CT molecular complexity index is 379. The van der Waals surface area contributed by atoms with Crippen LogP contribution in [0.4, 0.5) is 0 Å². The van der Waals surface area contributed by atoms with Crippen molar-refractivity contribution in [3.8, 4) is 11.5 Å². The quantitative estimate of drug-likeness (QED) is 0.785. The summed E-state index contributed by atoms with van der Waals surface area (Å²) >= 11 is 12.2. The number of benzene rings is 1. The van der Waals surface area contributed by atoms with Crippen LogP contribution in [0, 0.1) is 5.41 Å². The Balaban J connectivity index is 2.47. The summed E-state index contributed by atoms with van der Waals surface area (Å²) in [7, 11) is 3.37. The first kappa shape index (κ1) is 12.8. The lowest BCUT2D eigenvalue weighted by Gasteiger charge is -2.22. The Morgan fingerprint density at radius 2 is 1.41 bits per heavy atom. The molecule has 0 fully saturated rings. The first-order valence-corrected chi connectivity index (χ1v) is 6.61. The summed E-state index contributed by atoms with van der Waals surface area (Å²) in [5.74, 6) is 2.91. The number of halogens is 2. The van der Waals surface area contributed by atoms with E-state index in [1.807, 2.05) is 12.1 Å². The number of hydrogen-bond acceptors (Lipinski definition) is 2. The van der Waals surface area contributed by atoms with Crippen LogP contribution in [0.15, 0.2) is 12.1 Å². The summed E-state index contributed by atoms with van der Waals surface area (Å²) in [4.78, 5) is 0. The maximum Gasteiger partial charge on any atom is 0.122 e. The molecule has 0 aliphatic heterocycles. The normalized spacial score (nSPS) is 16.7. The number of methoxy groups -OCH3 is 2. The number of fused-ring (bicyclic) bond motifs is 1. The maximum absolute atomic E-state index is 6.08. The van der Waals surface area contributed by atoms with Gasteiger partial charge in [0.25, 0.3) is 0 Å². The van der Waals surface area contributed by atoms with Crippen LogP contribution in [0.3, 0.4) is 0 Å². The Morgan fingerprint density at radius 3 is 1.71 bits per heavy atom. The van der Waals surface area contributed by atoms with Crippen LogP contribution >= 0.6 is 23.2 Å². The Hall–Kier alpha value is -0.600. The molecule has 0 aromatic heterocycles. The third kappa shape index (κ3) is 2.09. The minimum atomic E-state index is -0.0621. The molecule has 0 bridgehead atoms. The monoisotopic (exact) mass is 274 g/mol. The molecule has 0 N–H and O–H groups in total. The smallest absolute Gasteiger partial charge is 0.122 e. The maximum atomic E-state index is 6.08. The highest BCUT2D eigenvalue weighted by Crippen LogP contribution is 2.46. The number of ether oxygens (including phenoxy) is 2. The van der Waals surface area contributed by atoms with Crippen molar-refractivity contribution in [3.63, 3.8) is 0 Å². The van der Waals surface area contributed by atoms with E-state index in [9.17, 15) is 0 Å². The van der Waals surface area contributed by atoms with Crippen LogP contribution < -0.4 is 9.47 Å². The summed E-state index contributed by atoms with van der Waals surface area (Å²) < 4.78 is 10.8. The van der Waals surface area contributed by atoms with E-state index in [0.29, 0.717) is 11.8 Å². The number of rotatable bonds is 4. The summed E-state index contributed by atoms with van der Waals surface area (Å²) in [5, 5.41) is 0. The Labute approximate surface area is 112 Å². The van der Waals surface area contributed by atoms with E-state index >= 15 is 0 Å². The van der Waals surface area contributed by atoms with Crippen molar-refractivity contribution >= 4 is 23.2 Å². The minimum absolute atomic E-state index is 0.0621. The SMILES string of the molecule is COc1ccc(OC)c2c1CC(CCl)(CCl)C2. The second-order valence-corrected chi connectivity index (χ2v) is 5.08. The van der Waals surface area contributed by atoms with Gasteiger partial charge in [-0.1, -0.05) is 0 Å². The van der Waals surface area contributed by atoms with Crippen molar-refractivity contribution in [2.75, 3.05) is 26.0 Å². The van der Waals surface area contributed by atoms with Gasteiger partial charge in [0.15, 0.2) is 0 Å². The van der Waals surface area contributed by atoms with Gasteiger partial charge in [0.1, 0.15) is 11.5 Å². The molecule has 0 amide bonds. The average Bonchev–Trinajstić information content (AvgIpc) is 2.78. The van der Waals surface area contributed by atoms with Crippen molar-refractivity contribution < 1.29 is 9.47 Å². The van der Waals surface area contributed by atoms with E-state index in [4.69, 9.17) is 32.7 Å². The molecule has 1 aromatic rings. The molecule has 1 aliphatic rings. The largest absolute Gasteiger partial charge is 0.496 e. The van der Waals surface area contributed by atoms with Crippen LogP contribution in [0.25, 0.3) is 0 Å². The topological polar surface area (TPSA) is 18.5 Å². The molecule has 0 spiro atoms. The van der Waals surface area contributed by atoms with Gasteiger partial charge in [0.2, 0.25) is 0 Å². The van der Waals surface area contributed by atoms with Crippen LogP contribution in [0.1, 0.15) is 11.1 Å². The molecular weight excluding hydrogens is 259 g/mol. The van der Waals surface area contributed by atoms with Crippen molar-refractivity contribution in [2.45, 2.75) is 12.8 Å². The predicted octanol–water partition coefficient (Wildman–Crippen LogP) is 3.27. The molecule has 0 radical (unpaired) electrons. The van der Waals surface area contributed by atoms with Gasteiger partial charge in [0.05, 0.1) is 14.2 Å². The van der Waals surface area contributed by atoms with E-state index in [1.54, 1.807) is 14.2 Å². The van der Waals surface area contributed by atoms with Crippen molar-refractivity contribution in [3.05, 3.63) is 23.3 Å². The summed E-state index contributed by atoms with van der Waals surface area (Å²) in [5.41, 5.74) is 2.31. The van der Waals surface area contributed by atoms with Crippen LogP contribution in [-0.4, -0.2) is 26.0 Å². The van der Waals surface area contributed by atoms with E-state index in [1.165, 1.54) is 11.1 Å². The molecule has 2 rings (SSSR count). The van der Waals surface area contributed by atoms with E-state index < -0.39 is 0 Å². The molecule has 1 aliphatic carbocycles. The molecule has 2 nitrogen and oxygen atoms in total. The van der Waals surface area contributed by atoms with Gasteiger partial charge in [-0.3, -0.25) is 0 Å². The van der Waals surface area contributed by atoms with Gasteiger partial charge >= 0.3 is 0 Å². The van der Waals surface area contributed by atoms with Crippen molar-refractivity contribution in [1.82, 2.24) is 0 Å². The lowest BCUT2D eigenvalue weighted by Crippen LogP contribution is -2.25. The van der Waals surface area contributed by atoms with Gasteiger partial charge < -0.3 is 9.47 Å². The fourth-order valence-electron chi connectivity index (χ4n) is 2.46. The first-order valence-electron chi connectivity index (χ1n) is 5.54. The lowest BCUT2D eigenvalue weighted by molar-refractivity contribution is 0.384. The second kappa shape index (κ2) is 4.95. The third-order valence-electron chi connectivity index (χ3n) is 3.46. The summed E-state index contributed by atoms with van der Waals surface area (Å²) in [6.07, 6.45) is 1.71. The highest BCUT2D eigenvalue weighted by atomic mass is 35.5. The molecule has 0 saturated heterocycles. The third-order valence-corrected chi connectivity index (χ3v) is 4.59. The first-order chi connectivity index (χ1) is 8.19. The predicted molar refractivity (Wildman–Crippen MR) is 70.8 cm³/mol. The molecule has 1 aromatic carbocycles. The van der Waals surface area contributed by atoms with E-state index in [-0.39, 0.29) is 5.41 Å². The Morgan fingerprint density at radius 1 is 1.00 bits per heavy atom. The molecule has 0 heterocycles. The van der Waals surface area contributed by atoms with E-state index in [0.717, 1.165) is 24.3 Å². The van der Waals surface area contributed by atoms with Crippen LogP contribution in [-0.2, 0) is 12.8 Å². The van der Waals surface area contributed by atoms with E-state index in [2.05, 4.69) is 0 Å². The molecule has 0 unspecified atom stereocenters. The number of hydrogen-bond donors (Lipinski definition) is 0. The zero-order valence-corrected chi connectivity index (χ0v) is 11.6. The zero-order chi connectivity index (χ0) is 12.5. The lowest BCUT2D eigenvalue weighted by atomic mass is 9.89. The fraction of sp³-hybridized carbons (Fsp3) is 0.538. The molecule has 0 saturated carbocycles. The van der Waals surface area contributed by atoms with Crippen molar-refractivity contribution in [2.24, 2.45) is 5.41 Å². The standard InChI is InChI=1S/C13H16Cl2O2/c1-16-11-3-4-12(17-2)10-6-13(7-14,8-15)5-9(10)11/h3-4H,5-8H2,1-2H3. The molecular formula is C13H16Cl2O2.